The van der Waals surface area contributed by atoms with Crippen LogP contribution in [0.25, 0.3) is 0 Å². The van der Waals surface area contributed by atoms with Crippen LogP contribution in [-0.2, 0) is 4.79 Å². The van der Waals surface area contributed by atoms with Crippen molar-refractivity contribution in [2.75, 3.05) is 20.2 Å². The van der Waals surface area contributed by atoms with Crippen molar-refractivity contribution in [2.24, 2.45) is 5.92 Å². The average Bonchev–Trinajstić information content (AvgIpc) is 2.53. The fraction of sp³-hybridized carbons (Fsp3) is 0.529. The third-order valence-corrected chi connectivity index (χ3v) is 4.05. The Labute approximate surface area is 130 Å². The van der Waals surface area contributed by atoms with Gasteiger partial charge in [-0.25, -0.2) is 4.79 Å². The minimum atomic E-state index is -1.04. The van der Waals surface area contributed by atoms with Crippen LogP contribution in [-0.4, -0.2) is 42.1 Å². The smallest absolute Gasteiger partial charge is 0.341 e. The van der Waals surface area contributed by atoms with E-state index in [0.717, 1.165) is 6.54 Å². The highest BCUT2D eigenvalue weighted by molar-refractivity contribution is 5.94. The van der Waals surface area contributed by atoms with Gasteiger partial charge in [0.2, 0.25) is 0 Å². The standard InChI is InChI=1S/C17H23NO4/c1-18(11-13-6-3-2-4-7-13)17(21)14-8-5-9-15(10-14)22-12-16(19)20/h5,8-10,13H,2-4,6-7,11-12H2,1H3,(H,19,20). The largest absolute Gasteiger partial charge is 0.482 e. The van der Waals surface area contributed by atoms with E-state index in [1.165, 1.54) is 32.1 Å². The molecule has 1 aromatic carbocycles. The topological polar surface area (TPSA) is 66.8 Å². The molecule has 1 aliphatic rings. The van der Waals surface area contributed by atoms with E-state index in [1.54, 1.807) is 29.2 Å². The van der Waals surface area contributed by atoms with Crippen LogP contribution in [0.4, 0.5) is 0 Å². The Morgan fingerprint density at radius 3 is 2.68 bits per heavy atom. The van der Waals surface area contributed by atoms with Gasteiger partial charge in [0, 0.05) is 19.2 Å². The molecule has 0 atom stereocenters. The molecule has 5 nitrogen and oxygen atoms in total. The number of rotatable bonds is 6. The Morgan fingerprint density at radius 2 is 2.00 bits per heavy atom. The van der Waals surface area contributed by atoms with Crippen molar-refractivity contribution < 1.29 is 19.4 Å². The molecule has 0 bridgehead atoms. The Hall–Kier alpha value is -2.04. The van der Waals surface area contributed by atoms with Gasteiger partial charge in [-0.15, -0.1) is 0 Å². The first kappa shape index (κ1) is 16.3. The molecule has 0 aliphatic heterocycles. The van der Waals surface area contributed by atoms with Crippen molar-refractivity contribution in [3.8, 4) is 5.75 Å². The first-order valence-corrected chi connectivity index (χ1v) is 7.76. The molecule has 0 aromatic heterocycles. The summed E-state index contributed by atoms with van der Waals surface area (Å²) in [6, 6.07) is 6.69. The summed E-state index contributed by atoms with van der Waals surface area (Å²) in [6.45, 7) is 0.370. The summed E-state index contributed by atoms with van der Waals surface area (Å²) in [5, 5.41) is 8.62. The van der Waals surface area contributed by atoms with Crippen LogP contribution in [0.1, 0.15) is 42.5 Å². The second-order valence-electron chi connectivity index (χ2n) is 5.90. The predicted octanol–water partition coefficient (Wildman–Crippen LogP) is 2.80. The Balaban J connectivity index is 1.95. The molecule has 1 N–H and O–H groups in total. The van der Waals surface area contributed by atoms with Gasteiger partial charge in [-0.05, 0) is 37.0 Å². The van der Waals surface area contributed by atoms with Gasteiger partial charge in [-0.3, -0.25) is 4.79 Å². The van der Waals surface area contributed by atoms with Crippen LogP contribution in [0.5, 0.6) is 5.75 Å². The van der Waals surface area contributed by atoms with E-state index in [-0.39, 0.29) is 5.91 Å². The maximum Gasteiger partial charge on any atom is 0.341 e. The van der Waals surface area contributed by atoms with E-state index in [9.17, 15) is 9.59 Å². The highest BCUT2D eigenvalue weighted by atomic mass is 16.5. The highest BCUT2D eigenvalue weighted by Gasteiger charge is 2.19. The monoisotopic (exact) mass is 305 g/mol. The van der Waals surface area contributed by atoms with Crippen molar-refractivity contribution >= 4 is 11.9 Å². The molecular weight excluding hydrogens is 282 g/mol. The van der Waals surface area contributed by atoms with Gasteiger partial charge in [0.15, 0.2) is 6.61 Å². The Morgan fingerprint density at radius 1 is 1.27 bits per heavy atom. The average molecular weight is 305 g/mol. The number of benzene rings is 1. The molecule has 5 heteroatoms. The number of aliphatic carboxylic acids is 1. The SMILES string of the molecule is CN(CC1CCCCC1)C(=O)c1cccc(OCC(=O)O)c1. The summed E-state index contributed by atoms with van der Waals surface area (Å²) in [7, 11) is 1.82. The first-order valence-electron chi connectivity index (χ1n) is 7.76. The molecule has 1 amide bonds. The second-order valence-corrected chi connectivity index (χ2v) is 5.90. The fourth-order valence-corrected chi connectivity index (χ4v) is 2.92. The lowest BCUT2D eigenvalue weighted by Crippen LogP contribution is -2.32. The lowest BCUT2D eigenvalue weighted by atomic mass is 9.89. The number of carboxylic acid groups (broad SMARTS) is 1. The van der Waals surface area contributed by atoms with Crippen LogP contribution >= 0.6 is 0 Å². The minimum Gasteiger partial charge on any atom is -0.482 e. The predicted molar refractivity (Wildman–Crippen MR) is 83.1 cm³/mol. The first-order chi connectivity index (χ1) is 10.6. The maximum absolute atomic E-state index is 12.5. The van der Waals surface area contributed by atoms with Crippen molar-refractivity contribution in [2.45, 2.75) is 32.1 Å². The molecule has 1 aliphatic carbocycles. The van der Waals surface area contributed by atoms with Gasteiger partial charge in [0.1, 0.15) is 5.75 Å². The molecule has 0 spiro atoms. The van der Waals surface area contributed by atoms with Crippen molar-refractivity contribution in [3.63, 3.8) is 0 Å². The summed E-state index contributed by atoms with van der Waals surface area (Å²) >= 11 is 0. The summed E-state index contributed by atoms with van der Waals surface area (Å²) in [4.78, 5) is 24.7. The van der Waals surface area contributed by atoms with Gasteiger partial charge in [-0.1, -0.05) is 25.3 Å². The number of hydrogen-bond donors (Lipinski definition) is 1. The van der Waals surface area contributed by atoms with Gasteiger partial charge in [0.05, 0.1) is 0 Å². The van der Waals surface area contributed by atoms with Gasteiger partial charge in [0.25, 0.3) is 5.91 Å². The molecule has 2 rings (SSSR count). The zero-order chi connectivity index (χ0) is 15.9. The zero-order valence-corrected chi connectivity index (χ0v) is 13.0. The van der Waals surface area contributed by atoms with Crippen LogP contribution in [0, 0.1) is 5.92 Å². The van der Waals surface area contributed by atoms with Crippen LogP contribution < -0.4 is 4.74 Å². The van der Waals surface area contributed by atoms with E-state index in [2.05, 4.69) is 0 Å². The molecule has 0 saturated heterocycles. The molecule has 1 aromatic rings. The quantitative estimate of drug-likeness (QED) is 0.877. The number of ether oxygens (including phenoxy) is 1. The van der Waals surface area contributed by atoms with E-state index in [1.807, 2.05) is 7.05 Å². The van der Waals surface area contributed by atoms with Gasteiger partial charge in [-0.2, -0.15) is 0 Å². The second kappa shape index (κ2) is 7.82. The van der Waals surface area contributed by atoms with Crippen molar-refractivity contribution in [1.29, 1.82) is 0 Å². The molecule has 22 heavy (non-hydrogen) atoms. The summed E-state index contributed by atoms with van der Waals surface area (Å²) in [5.74, 6) is -0.0917. The van der Waals surface area contributed by atoms with Crippen LogP contribution in [0.2, 0.25) is 0 Å². The lowest BCUT2D eigenvalue weighted by molar-refractivity contribution is -0.139. The molecule has 1 fully saturated rings. The normalized spacial score (nSPS) is 15.3. The number of carbonyl (C=O) groups is 2. The third kappa shape index (κ3) is 4.76. The lowest BCUT2D eigenvalue weighted by Gasteiger charge is -2.27. The number of amides is 1. The molecule has 0 heterocycles. The molecular formula is C17H23NO4. The van der Waals surface area contributed by atoms with E-state index >= 15 is 0 Å². The summed E-state index contributed by atoms with van der Waals surface area (Å²) in [5.41, 5.74) is 0.529. The van der Waals surface area contributed by atoms with Crippen molar-refractivity contribution in [1.82, 2.24) is 4.90 Å². The van der Waals surface area contributed by atoms with Crippen molar-refractivity contribution in [3.05, 3.63) is 29.8 Å². The molecule has 0 radical (unpaired) electrons. The van der Waals surface area contributed by atoms with Crippen LogP contribution in [0.3, 0.4) is 0 Å². The number of carboxylic acids is 1. The zero-order valence-electron chi connectivity index (χ0n) is 13.0. The minimum absolute atomic E-state index is 0.0497. The molecule has 120 valence electrons. The number of nitrogens with zero attached hydrogens (tertiary/aromatic N) is 1. The highest BCUT2D eigenvalue weighted by Crippen LogP contribution is 2.24. The summed E-state index contributed by atoms with van der Waals surface area (Å²) < 4.78 is 5.12. The summed E-state index contributed by atoms with van der Waals surface area (Å²) in [6.07, 6.45) is 6.20. The van der Waals surface area contributed by atoms with E-state index < -0.39 is 12.6 Å². The molecule has 0 unspecified atom stereocenters. The third-order valence-electron chi connectivity index (χ3n) is 4.05. The van der Waals surface area contributed by atoms with Gasteiger partial charge < -0.3 is 14.7 Å². The van der Waals surface area contributed by atoms with E-state index in [0.29, 0.717) is 17.2 Å². The van der Waals surface area contributed by atoms with E-state index in [4.69, 9.17) is 9.84 Å². The Bertz CT molecular complexity index is 523. The maximum atomic E-state index is 12.5. The molecule has 1 saturated carbocycles. The van der Waals surface area contributed by atoms with Gasteiger partial charge >= 0.3 is 5.97 Å². The Kier molecular flexibility index (Phi) is 5.81. The fourth-order valence-electron chi connectivity index (χ4n) is 2.92. The number of hydrogen-bond acceptors (Lipinski definition) is 3. The number of carbonyl (C=O) groups excluding carboxylic acids is 1. The van der Waals surface area contributed by atoms with Crippen LogP contribution in [0.15, 0.2) is 24.3 Å².